The van der Waals surface area contributed by atoms with Crippen LogP contribution >= 0.6 is 0 Å². The van der Waals surface area contributed by atoms with Crippen LogP contribution in [-0.4, -0.2) is 28.4 Å². The summed E-state index contributed by atoms with van der Waals surface area (Å²) in [5, 5.41) is 0. The Labute approximate surface area is 120 Å². The predicted molar refractivity (Wildman–Crippen MR) is 79.0 cm³/mol. The standard InChI is InChI=1S/C16H25N3O/c17-13-7-3-1-2-6-12(13)16(20)19-11-5-9-15(19)14-8-4-10-18-14/h4,8,10,12-13,15,18H,1-3,5-7,9,11,17H2. The Morgan fingerprint density at radius 1 is 1.20 bits per heavy atom. The van der Waals surface area contributed by atoms with Crippen LogP contribution in [0.4, 0.5) is 0 Å². The maximum Gasteiger partial charge on any atom is 0.227 e. The van der Waals surface area contributed by atoms with Gasteiger partial charge in [-0.25, -0.2) is 0 Å². The van der Waals surface area contributed by atoms with Gasteiger partial charge >= 0.3 is 0 Å². The van der Waals surface area contributed by atoms with Gasteiger partial charge in [0.1, 0.15) is 0 Å². The highest BCUT2D eigenvalue weighted by Gasteiger charge is 2.36. The summed E-state index contributed by atoms with van der Waals surface area (Å²) in [5.74, 6) is 0.324. The molecule has 4 nitrogen and oxygen atoms in total. The second-order valence-electron chi connectivity index (χ2n) is 6.22. The van der Waals surface area contributed by atoms with Crippen LogP contribution in [-0.2, 0) is 4.79 Å². The van der Waals surface area contributed by atoms with Crippen molar-refractivity contribution in [3.05, 3.63) is 24.0 Å². The highest BCUT2D eigenvalue weighted by Crippen LogP contribution is 2.34. The van der Waals surface area contributed by atoms with Crippen molar-refractivity contribution in [2.75, 3.05) is 6.54 Å². The first kappa shape index (κ1) is 13.7. The second-order valence-corrected chi connectivity index (χ2v) is 6.22. The molecule has 4 heteroatoms. The van der Waals surface area contributed by atoms with Crippen molar-refractivity contribution < 1.29 is 4.79 Å². The molecule has 0 radical (unpaired) electrons. The van der Waals surface area contributed by atoms with Gasteiger partial charge in [0.25, 0.3) is 0 Å². The normalized spacial score (nSPS) is 31.2. The third-order valence-electron chi connectivity index (χ3n) is 4.90. The Kier molecular flexibility index (Phi) is 4.10. The van der Waals surface area contributed by atoms with Crippen molar-refractivity contribution in [3.63, 3.8) is 0 Å². The Balaban J connectivity index is 1.75. The van der Waals surface area contributed by atoms with Crippen LogP contribution in [0.25, 0.3) is 0 Å². The Bertz CT molecular complexity index is 443. The van der Waals surface area contributed by atoms with Crippen LogP contribution in [0.3, 0.4) is 0 Å². The lowest BCUT2D eigenvalue weighted by Gasteiger charge is -2.30. The van der Waals surface area contributed by atoms with E-state index >= 15 is 0 Å². The number of aromatic nitrogens is 1. The Morgan fingerprint density at radius 2 is 2.05 bits per heavy atom. The Morgan fingerprint density at radius 3 is 2.85 bits per heavy atom. The molecule has 2 fully saturated rings. The van der Waals surface area contributed by atoms with Crippen LogP contribution in [0.5, 0.6) is 0 Å². The summed E-state index contributed by atoms with van der Waals surface area (Å²) in [6.07, 6.45) is 9.60. The molecule has 2 aliphatic rings. The minimum atomic E-state index is 0.0352. The van der Waals surface area contributed by atoms with Crippen LogP contribution in [0.15, 0.2) is 18.3 Å². The van der Waals surface area contributed by atoms with E-state index in [-0.39, 0.29) is 23.9 Å². The maximum atomic E-state index is 12.9. The first-order valence-corrected chi connectivity index (χ1v) is 7.96. The third kappa shape index (κ3) is 2.62. The lowest BCUT2D eigenvalue weighted by molar-refractivity contribution is -0.137. The number of nitrogens with zero attached hydrogens (tertiary/aromatic N) is 1. The SMILES string of the molecule is NC1CCCCCC1C(=O)N1CCCC1c1ccc[nH]1. The molecule has 0 bridgehead atoms. The maximum absolute atomic E-state index is 12.9. The lowest BCUT2D eigenvalue weighted by atomic mass is 9.93. The lowest BCUT2D eigenvalue weighted by Crippen LogP contribution is -2.43. The van der Waals surface area contributed by atoms with Crippen LogP contribution in [0.2, 0.25) is 0 Å². The largest absolute Gasteiger partial charge is 0.363 e. The van der Waals surface area contributed by atoms with E-state index < -0.39 is 0 Å². The quantitative estimate of drug-likeness (QED) is 0.815. The summed E-state index contributed by atoms with van der Waals surface area (Å²) in [5.41, 5.74) is 7.42. The van der Waals surface area contributed by atoms with E-state index in [0.29, 0.717) is 0 Å². The number of carbonyl (C=O) groups is 1. The van der Waals surface area contributed by atoms with E-state index in [1.807, 2.05) is 12.3 Å². The molecular weight excluding hydrogens is 250 g/mol. The molecule has 3 N–H and O–H groups in total. The molecule has 1 aromatic heterocycles. The topological polar surface area (TPSA) is 62.1 Å². The van der Waals surface area contributed by atoms with Crippen LogP contribution < -0.4 is 5.73 Å². The molecule has 1 aliphatic carbocycles. The zero-order chi connectivity index (χ0) is 13.9. The molecule has 110 valence electrons. The summed E-state index contributed by atoms with van der Waals surface area (Å²) < 4.78 is 0. The number of nitrogens with two attached hydrogens (primary N) is 1. The van der Waals surface area contributed by atoms with Gasteiger partial charge in [-0.15, -0.1) is 0 Å². The second kappa shape index (κ2) is 6.00. The number of hydrogen-bond acceptors (Lipinski definition) is 2. The van der Waals surface area contributed by atoms with E-state index in [4.69, 9.17) is 5.73 Å². The molecule has 0 spiro atoms. The minimum absolute atomic E-state index is 0.0352. The number of aromatic amines is 1. The van der Waals surface area contributed by atoms with Crippen molar-refractivity contribution in [1.82, 2.24) is 9.88 Å². The molecular formula is C16H25N3O. The summed E-state index contributed by atoms with van der Waals surface area (Å²) in [6.45, 7) is 0.881. The molecule has 2 heterocycles. The minimum Gasteiger partial charge on any atom is -0.363 e. The third-order valence-corrected chi connectivity index (χ3v) is 4.90. The first-order valence-electron chi connectivity index (χ1n) is 7.96. The highest BCUT2D eigenvalue weighted by atomic mass is 16.2. The molecule has 1 saturated carbocycles. The fourth-order valence-electron chi connectivity index (χ4n) is 3.76. The fourth-order valence-corrected chi connectivity index (χ4v) is 3.76. The van der Waals surface area contributed by atoms with Gasteiger partial charge in [0.15, 0.2) is 0 Å². The van der Waals surface area contributed by atoms with Crippen molar-refractivity contribution in [2.45, 2.75) is 57.0 Å². The van der Waals surface area contributed by atoms with E-state index in [9.17, 15) is 4.79 Å². The van der Waals surface area contributed by atoms with Crippen molar-refractivity contribution >= 4 is 5.91 Å². The van der Waals surface area contributed by atoms with Gasteiger partial charge < -0.3 is 15.6 Å². The first-order chi connectivity index (χ1) is 9.77. The summed E-state index contributed by atoms with van der Waals surface area (Å²) in [6, 6.07) is 4.37. The van der Waals surface area contributed by atoms with Gasteiger partial charge in [-0.3, -0.25) is 4.79 Å². The molecule has 0 aromatic carbocycles. The smallest absolute Gasteiger partial charge is 0.227 e. The van der Waals surface area contributed by atoms with Gasteiger partial charge in [-0.2, -0.15) is 0 Å². The molecule has 3 atom stereocenters. The number of nitrogens with one attached hydrogen (secondary N) is 1. The van der Waals surface area contributed by atoms with E-state index in [1.54, 1.807) is 0 Å². The van der Waals surface area contributed by atoms with Crippen molar-refractivity contribution in [2.24, 2.45) is 11.7 Å². The predicted octanol–water partition coefficient (Wildman–Crippen LogP) is 2.59. The number of rotatable bonds is 2. The average Bonchev–Trinajstić information content (AvgIpc) is 3.07. The van der Waals surface area contributed by atoms with E-state index in [2.05, 4.69) is 16.0 Å². The van der Waals surface area contributed by atoms with Gasteiger partial charge in [-0.05, 0) is 37.8 Å². The molecule has 1 aliphatic heterocycles. The molecule has 1 amide bonds. The van der Waals surface area contributed by atoms with Gasteiger partial charge in [0, 0.05) is 24.5 Å². The molecule has 20 heavy (non-hydrogen) atoms. The van der Waals surface area contributed by atoms with Gasteiger partial charge in [0.2, 0.25) is 5.91 Å². The van der Waals surface area contributed by atoms with Gasteiger partial charge in [0.05, 0.1) is 12.0 Å². The van der Waals surface area contributed by atoms with E-state index in [0.717, 1.165) is 44.3 Å². The molecule has 1 aromatic rings. The fraction of sp³-hybridized carbons (Fsp3) is 0.688. The van der Waals surface area contributed by atoms with Crippen LogP contribution in [0.1, 0.15) is 56.7 Å². The Hall–Kier alpha value is -1.29. The summed E-state index contributed by atoms with van der Waals surface area (Å²) in [7, 11) is 0. The van der Waals surface area contributed by atoms with Crippen molar-refractivity contribution in [1.29, 1.82) is 0 Å². The van der Waals surface area contributed by atoms with Crippen molar-refractivity contribution in [3.8, 4) is 0 Å². The average molecular weight is 275 g/mol. The zero-order valence-electron chi connectivity index (χ0n) is 12.1. The van der Waals surface area contributed by atoms with E-state index in [1.165, 1.54) is 12.8 Å². The number of amides is 1. The number of likely N-dealkylation sites (tertiary alicyclic amines) is 1. The molecule has 1 saturated heterocycles. The highest BCUT2D eigenvalue weighted by molar-refractivity contribution is 5.80. The van der Waals surface area contributed by atoms with Crippen LogP contribution in [0, 0.1) is 5.92 Å². The summed E-state index contributed by atoms with van der Waals surface area (Å²) in [4.78, 5) is 18.2. The number of H-pyrrole nitrogens is 1. The summed E-state index contributed by atoms with van der Waals surface area (Å²) >= 11 is 0. The number of hydrogen-bond donors (Lipinski definition) is 2. The molecule has 3 rings (SSSR count). The van der Waals surface area contributed by atoms with Gasteiger partial charge in [-0.1, -0.05) is 19.3 Å². The zero-order valence-corrected chi connectivity index (χ0v) is 12.1. The monoisotopic (exact) mass is 275 g/mol. The molecule has 3 unspecified atom stereocenters. The number of carbonyl (C=O) groups excluding carboxylic acids is 1.